The van der Waals surface area contributed by atoms with E-state index in [1.807, 2.05) is 36.9 Å². The highest BCUT2D eigenvalue weighted by Crippen LogP contribution is 2.19. The van der Waals surface area contributed by atoms with Crippen LogP contribution in [0.1, 0.15) is 21.5 Å². The molecule has 5 nitrogen and oxygen atoms in total. The molecule has 2 amide bonds. The summed E-state index contributed by atoms with van der Waals surface area (Å²) < 4.78 is 27.1. The van der Waals surface area contributed by atoms with Gasteiger partial charge in [-0.05, 0) is 43.2 Å². The zero-order valence-electron chi connectivity index (χ0n) is 16.0. The third kappa shape index (κ3) is 4.54. The van der Waals surface area contributed by atoms with Crippen LogP contribution in [0.15, 0.2) is 36.4 Å². The number of piperazine rings is 1. The number of nitrogens with zero attached hydrogens (tertiary/aromatic N) is 2. The van der Waals surface area contributed by atoms with E-state index in [0.29, 0.717) is 26.2 Å². The minimum Gasteiger partial charge on any atom is -0.336 e. The summed E-state index contributed by atoms with van der Waals surface area (Å²) in [5.74, 6) is -2.03. The second kappa shape index (κ2) is 8.48. The molecule has 0 aliphatic carbocycles. The lowest BCUT2D eigenvalue weighted by Gasteiger charge is -2.34. The second-order valence-corrected chi connectivity index (χ2v) is 7.01. The number of para-hydroxylation sites is 1. The van der Waals surface area contributed by atoms with Crippen LogP contribution in [-0.2, 0) is 4.79 Å². The van der Waals surface area contributed by atoms with Crippen molar-refractivity contribution < 1.29 is 18.4 Å². The number of amides is 2. The van der Waals surface area contributed by atoms with Crippen molar-refractivity contribution in [2.24, 2.45) is 0 Å². The predicted molar refractivity (Wildman–Crippen MR) is 103 cm³/mol. The first-order chi connectivity index (χ1) is 13.3. The molecule has 7 heteroatoms. The maximum atomic E-state index is 13.8. The Labute approximate surface area is 162 Å². The van der Waals surface area contributed by atoms with E-state index in [2.05, 4.69) is 5.32 Å². The average molecular weight is 387 g/mol. The van der Waals surface area contributed by atoms with E-state index in [1.165, 1.54) is 4.90 Å². The Bertz CT molecular complexity index is 873. The van der Waals surface area contributed by atoms with Crippen LogP contribution in [0.2, 0.25) is 0 Å². The zero-order chi connectivity index (χ0) is 20.3. The fourth-order valence-corrected chi connectivity index (χ4v) is 3.33. The summed E-state index contributed by atoms with van der Waals surface area (Å²) >= 11 is 0. The van der Waals surface area contributed by atoms with Crippen LogP contribution in [0, 0.1) is 25.5 Å². The highest BCUT2D eigenvalue weighted by molar-refractivity contribution is 5.95. The molecule has 2 aromatic rings. The Kier molecular flexibility index (Phi) is 6.04. The molecule has 0 unspecified atom stereocenters. The van der Waals surface area contributed by atoms with Gasteiger partial charge in [0.15, 0.2) is 0 Å². The third-order valence-corrected chi connectivity index (χ3v) is 4.93. The molecule has 1 aliphatic heterocycles. The smallest absolute Gasteiger partial charge is 0.257 e. The van der Waals surface area contributed by atoms with Gasteiger partial charge in [-0.3, -0.25) is 14.5 Å². The van der Waals surface area contributed by atoms with Gasteiger partial charge in [-0.1, -0.05) is 18.2 Å². The van der Waals surface area contributed by atoms with Crippen LogP contribution >= 0.6 is 0 Å². The molecule has 2 aromatic carbocycles. The summed E-state index contributed by atoms with van der Waals surface area (Å²) in [6.45, 7) is 5.78. The van der Waals surface area contributed by atoms with E-state index in [9.17, 15) is 18.4 Å². The van der Waals surface area contributed by atoms with Gasteiger partial charge in [-0.15, -0.1) is 0 Å². The Balaban J connectivity index is 1.54. The minimum absolute atomic E-state index is 0.117. The number of hydrogen-bond acceptors (Lipinski definition) is 3. The topological polar surface area (TPSA) is 52.7 Å². The first kappa shape index (κ1) is 19.9. The lowest BCUT2D eigenvalue weighted by molar-refractivity contribution is -0.117. The Morgan fingerprint density at radius 3 is 2.29 bits per heavy atom. The molecule has 0 atom stereocenters. The quantitative estimate of drug-likeness (QED) is 0.878. The average Bonchev–Trinajstić information content (AvgIpc) is 2.67. The van der Waals surface area contributed by atoms with Crippen molar-refractivity contribution in [2.45, 2.75) is 13.8 Å². The first-order valence-electron chi connectivity index (χ1n) is 9.18. The zero-order valence-corrected chi connectivity index (χ0v) is 16.0. The molecule has 0 aromatic heterocycles. The van der Waals surface area contributed by atoms with Gasteiger partial charge < -0.3 is 10.2 Å². The summed E-state index contributed by atoms with van der Waals surface area (Å²) in [7, 11) is 0. The summed E-state index contributed by atoms with van der Waals surface area (Å²) in [5, 5.41) is 2.95. The molecule has 28 heavy (non-hydrogen) atoms. The third-order valence-electron chi connectivity index (χ3n) is 4.93. The number of aryl methyl sites for hydroxylation is 2. The van der Waals surface area contributed by atoms with Gasteiger partial charge in [-0.25, -0.2) is 8.78 Å². The molecule has 0 spiro atoms. The number of rotatable bonds is 4. The second-order valence-electron chi connectivity index (χ2n) is 7.01. The van der Waals surface area contributed by atoms with E-state index in [1.54, 1.807) is 0 Å². The monoisotopic (exact) mass is 387 g/mol. The van der Waals surface area contributed by atoms with Gasteiger partial charge in [0.2, 0.25) is 5.91 Å². The molecule has 1 fully saturated rings. The van der Waals surface area contributed by atoms with Gasteiger partial charge in [0, 0.05) is 31.9 Å². The maximum absolute atomic E-state index is 13.8. The molecule has 0 bridgehead atoms. The molecule has 1 saturated heterocycles. The SMILES string of the molecule is Cc1cccc(C)c1NC(=O)CN1CCN(C(=O)c2cc(F)ccc2F)CC1. The summed E-state index contributed by atoms with van der Waals surface area (Å²) in [5.41, 5.74) is 2.56. The number of halogens is 2. The van der Waals surface area contributed by atoms with Crippen molar-refractivity contribution in [3.63, 3.8) is 0 Å². The lowest BCUT2D eigenvalue weighted by Crippen LogP contribution is -2.50. The van der Waals surface area contributed by atoms with E-state index in [4.69, 9.17) is 0 Å². The number of carbonyl (C=O) groups excluding carboxylic acids is 2. The molecule has 3 rings (SSSR count). The van der Waals surface area contributed by atoms with Gasteiger partial charge in [0.1, 0.15) is 11.6 Å². The molecule has 1 N–H and O–H groups in total. The number of anilines is 1. The van der Waals surface area contributed by atoms with Crippen LogP contribution in [0.5, 0.6) is 0 Å². The predicted octanol–water partition coefficient (Wildman–Crippen LogP) is 2.98. The highest BCUT2D eigenvalue weighted by Gasteiger charge is 2.25. The van der Waals surface area contributed by atoms with Crippen LogP contribution in [0.3, 0.4) is 0 Å². The van der Waals surface area contributed by atoms with Crippen molar-refractivity contribution in [1.29, 1.82) is 0 Å². The molecule has 148 valence electrons. The largest absolute Gasteiger partial charge is 0.336 e. The summed E-state index contributed by atoms with van der Waals surface area (Å²) in [4.78, 5) is 28.2. The first-order valence-corrected chi connectivity index (χ1v) is 9.18. The Morgan fingerprint density at radius 2 is 1.64 bits per heavy atom. The molecular formula is C21H23F2N3O2. The molecule has 1 heterocycles. The fourth-order valence-electron chi connectivity index (χ4n) is 3.33. The van der Waals surface area contributed by atoms with Gasteiger partial charge in [-0.2, -0.15) is 0 Å². The van der Waals surface area contributed by atoms with Crippen molar-refractivity contribution in [3.05, 3.63) is 64.7 Å². The van der Waals surface area contributed by atoms with Crippen LogP contribution in [0.4, 0.5) is 14.5 Å². The van der Waals surface area contributed by atoms with Gasteiger partial charge >= 0.3 is 0 Å². The highest BCUT2D eigenvalue weighted by atomic mass is 19.1. The van der Waals surface area contributed by atoms with E-state index < -0.39 is 17.5 Å². The number of benzene rings is 2. The van der Waals surface area contributed by atoms with E-state index in [0.717, 1.165) is 35.0 Å². The summed E-state index contributed by atoms with van der Waals surface area (Å²) in [6.07, 6.45) is 0. The minimum atomic E-state index is -0.734. The Hall–Kier alpha value is -2.80. The van der Waals surface area contributed by atoms with Crippen LogP contribution < -0.4 is 5.32 Å². The van der Waals surface area contributed by atoms with E-state index >= 15 is 0 Å². The normalized spacial score (nSPS) is 14.8. The molecule has 1 aliphatic rings. The van der Waals surface area contributed by atoms with E-state index in [-0.39, 0.29) is 18.0 Å². The van der Waals surface area contributed by atoms with Crippen molar-refractivity contribution >= 4 is 17.5 Å². The molecule has 0 radical (unpaired) electrons. The van der Waals surface area contributed by atoms with Crippen molar-refractivity contribution in [1.82, 2.24) is 9.80 Å². The number of hydrogen-bond donors (Lipinski definition) is 1. The van der Waals surface area contributed by atoms with Gasteiger partial charge in [0.25, 0.3) is 5.91 Å². The van der Waals surface area contributed by atoms with Crippen LogP contribution in [0.25, 0.3) is 0 Å². The van der Waals surface area contributed by atoms with Crippen molar-refractivity contribution in [2.75, 3.05) is 38.0 Å². The number of nitrogens with one attached hydrogen (secondary N) is 1. The summed E-state index contributed by atoms with van der Waals surface area (Å²) in [6, 6.07) is 8.69. The van der Waals surface area contributed by atoms with Gasteiger partial charge in [0.05, 0.1) is 12.1 Å². The number of carbonyl (C=O) groups is 2. The fraction of sp³-hybridized carbons (Fsp3) is 0.333. The van der Waals surface area contributed by atoms with Crippen LogP contribution in [-0.4, -0.2) is 54.3 Å². The van der Waals surface area contributed by atoms with Crippen molar-refractivity contribution in [3.8, 4) is 0 Å². The standard InChI is InChI=1S/C21H23F2N3O2/c1-14-4-3-5-15(2)20(14)24-19(27)13-25-8-10-26(11-9-25)21(28)17-12-16(22)6-7-18(17)23/h3-7,12H,8-11,13H2,1-2H3,(H,24,27). The molecule has 0 saturated carbocycles. The Morgan fingerprint density at radius 1 is 1.00 bits per heavy atom. The maximum Gasteiger partial charge on any atom is 0.257 e. The molecular weight excluding hydrogens is 364 g/mol. The lowest BCUT2D eigenvalue weighted by atomic mass is 10.1.